The third-order valence-electron chi connectivity index (χ3n) is 6.85. The zero-order chi connectivity index (χ0) is 24.8. The minimum Gasteiger partial charge on any atom is -0.496 e. The molecule has 0 saturated heterocycles. The molecular weight excluding hydrogens is 448 g/mol. The molecule has 2 aliphatic rings. The summed E-state index contributed by atoms with van der Waals surface area (Å²) in [5.74, 6) is 0.945. The van der Waals surface area contributed by atoms with Crippen LogP contribution in [0.4, 0.5) is 0 Å². The second-order valence-electron chi connectivity index (χ2n) is 8.70. The molecule has 0 radical (unpaired) electrons. The highest BCUT2D eigenvalue weighted by Crippen LogP contribution is 2.45. The van der Waals surface area contributed by atoms with E-state index < -0.39 is 0 Å². The molecule has 36 heavy (non-hydrogen) atoms. The van der Waals surface area contributed by atoms with Crippen LogP contribution in [-0.4, -0.2) is 25.8 Å². The van der Waals surface area contributed by atoms with Crippen LogP contribution in [0.1, 0.15) is 11.1 Å². The summed E-state index contributed by atoms with van der Waals surface area (Å²) in [6.45, 7) is 0. The highest BCUT2D eigenvalue weighted by molar-refractivity contribution is 6.37. The van der Waals surface area contributed by atoms with Crippen LogP contribution >= 0.6 is 0 Å². The van der Waals surface area contributed by atoms with Gasteiger partial charge in [0.25, 0.3) is 0 Å². The van der Waals surface area contributed by atoms with Gasteiger partial charge in [-0.3, -0.25) is 9.59 Å². The summed E-state index contributed by atoms with van der Waals surface area (Å²) in [6, 6.07) is 23.6. The fraction of sp³-hybridized carbons (Fsp3) is 0.0625. The molecule has 0 spiro atoms. The van der Waals surface area contributed by atoms with Crippen molar-refractivity contribution in [2.24, 2.45) is 0 Å². The van der Waals surface area contributed by atoms with E-state index in [1.165, 1.54) is 0 Å². The number of hydrogen-bond acceptors (Lipinski definition) is 4. The quantitative estimate of drug-likeness (QED) is 0.342. The molecule has 174 valence electrons. The highest BCUT2D eigenvalue weighted by Gasteiger charge is 2.31. The maximum Gasteiger partial charge on any atom is 0.187 e. The summed E-state index contributed by atoms with van der Waals surface area (Å²) < 4.78 is 11.4. The first kappa shape index (κ1) is 21.8. The van der Waals surface area contributed by atoms with Crippen LogP contribution in [0.2, 0.25) is 0 Å². The van der Waals surface area contributed by atoms with Gasteiger partial charge in [0.15, 0.2) is 11.6 Å². The van der Waals surface area contributed by atoms with Gasteiger partial charge in [-0.25, -0.2) is 0 Å². The van der Waals surface area contributed by atoms with Crippen molar-refractivity contribution >= 4 is 44.3 Å². The summed E-state index contributed by atoms with van der Waals surface area (Å²) in [6.07, 6.45) is 6.58. The average molecular weight is 471 g/mol. The SMILES string of the molecule is COc1ccc2ccccc2c1C1=C2C=CC(=O)C(c3c(OC)ccc4ccccc34)=C2C=CC1=O. The Labute approximate surface area is 208 Å². The number of carbonyl (C=O) groups excluding carboxylic acids is 2. The van der Waals surface area contributed by atoms with Gasteiger partial charge in [-0.05, 0) is 69.1 Å². The normalized spacial score (nSPS) is 15.2. The molecule has 4 heteroatoms. The van der Waals surface area contributed by atoms with Crippen LogP contribution < -0.4 is 9.47 Å². The largest absolute Gasteiger partial charge is 0.496 e. The summed E-state index contributed by atoms with van der Waals surface area (Å²) in [5.41, 5.74) is 3.87. The van der Waals surface area contributed by atoms with Gasteiger partial charge >= 0.3 is 0 Å². The predicted octanol–water partition coefficient (Wildman–Crippen LogP) is 6.50. The summed E-state index contributed by atoms with van der Waals surface area (Å²) in [7, 11) is 3.21. The highest BCUT2D eigenvalue weighted by atomic mass is 16.5. The third kappa shape index (κ3) is 3.23. The van der Waals surface area contributed by atoms with Crippen molar-refractivity contribution in [2.45, 2.75) is 0 Å². The van der Waals surface area contributed by atoms with E-state index in [4.69, 9.17) is 9.47 Å². The molecule has 4 aromatic carbocycles. The fourth-order valence-corrected chi connectivity index (χ4v) is 5.24. The Morgan fingerprint density at radius 2 is 0.917 bits per heavy atom. The van der Waals surface area contributed by atoms with Crippen molar-refractivity contribution in [1.29, 1.82) is 0 Å². The van der Waals surface area contributed by atoms with Crippen LogP contribution in [0.25, 0.3) is 32.7 Å². The Morgan fingerprint density at radius 1 is 0.500 bits per heavy atom. The molecule has 4 nitrogen and oxygen atoms in total. The zero-order valence-corrected chi connectivity index (χ0v) is 19.9. The van der Waals surface area contributed by atoms with E-state index in [2.05, 4.69) is 0 Å². The van der Waals surface area contributed by atoms with E-state index in [9.17, 15) is 9.59 Å². The minimum absolute atomic E-state index is 0.133. The number of allylic oxidation sites excluding steroid dienone is 8. The van der Waals surface area contributed by atoms with Gasteiger partial charge in [0.05, 0.1) is 14.2 Å². The number of hydrogen-bond donors (Lipinski definition) is 0. The predicted molar refractivity (Wildman–Crippen MR) is 143 cm³/mol. The van der Waals surface area contributed by atoms with E-state index in [0.29, 0.717) is 33.8 Å². The molecule has 0 N–H and O–H groups in total. The molecule has 0 unspecified atom stereocenters. The Morgan fingerprint density at radius 3 is 1.33 bits per heavy atom. The second kappa shape index (κ2) is 8.51. The number of ketones is 2. The van der Waals surface area contributed by atoms with E-state index in [1.54, 1.807) is 38.5 Å². The number of methoxy groups -OCH3 is 2. The molecule has 0 atom stereocenters. The Bertz CT molecular complexity index is 1600. The molecule has 6 rings (SSSR count). The first-order chi connectivity index (χ1) is 17.6. The van der Waals surface area contributed by atoms with Gasteiger partial charge in [-0.2, -0.15) is 0 Å². The Balaban J connectivity index is 1.73. The lowest BCUT2D eigenvalue weighted by molar-refractivity contribution is -0.110. The molecule has 0 bridgehead atoms. The smallest absolute Gasteiger partial charge is 0.187 e. The molecule has 0 fully saturated rings. The molecule has 0 aromatic heterocycles. The monoisotopic (exact) mass is 470 g/mol. The van der Waals surface area contributed by atoms with Gasteiger partial charge in [0.2, 0.25) is 0 Å². The van der Waals surface area contributed by atoms with E-state index >= 15 is 0 Å². The van der Waals surface area contributed by atoms with Gasteiger partial charge in [-0.15, -0.1) is 0 Å². The molecule has 2 aliphatic carbocycles. The number of fused-ring (bicyclic) bond motifs is 3. The van der Waals surface area contributed by atoms with Gasteiger partial charge in [0, 0.05) is 22.3 Å². The van der Waals surface area contributed by atoms with E-state index in [1.807, 2.05) is 72.8 Å². The van der Waals surface area contributed by atoms with E-state index in [-0.39, 0.29) is 11.6 Å². The van der Waals surface area contributed by atoms with Crippen LogP contribution in [0.3, 0.4) is 0 Å². The van der Waals surface area contributed by atoms with Crippen molar-refractivity contribution in [1.82, 2.24) is 0 Å². The summed E-state index contributed by atoms with van der Waals surface area (Å²) in [4.78, 5) is 26.9. The lowest BCUT2D eigenvalue weighted by atomic mass is 9.78. The second-order valence-corrected chi connectivity index (χ2v) is 8.70. The molecule has 0 heterocycles. The lowest BCUT2D eigenvalue weighted by Gasteiger charge is -2.25. The number of rotatable bonds is 4. The van der Waals surface area contributed by atoms with Gasteiger partial charge in [0.1, 0.15) is 11.5 Å². The molecular formula is C32H22O4. The Hall–Kier alpha value is -4.70. The van der Waals surface area contributed by atoms with Crippen LogP contribution in [-0.2, 0) is 9.59 Å². The average Bonchev–Trinajstić information content (AvgIpc) is 2.92. The number of ether oxygens (including phenoxy) is 2. The molecule has 0 amide bonds. The summed E-state index contributed by atoms with van der Waals surface area (Å²) >= 11 is 0. The van der Waals surface area contributed by atoms with Gasteiger partial charge in [-0.1, -0.05) is 60.7 Å². The lowest BCUT2D eigenvalue weighted by Crippen LogP contribution is -2.15. The fourth-order valence-electron chi connectivity index (χ4n) is 5.24. The van der Waals surface area contributed by atoms with Crippen molar-refractivity contribution in [3.8, 4) is 11.5 Å². The Kier molecular flexibility index (Phi) is 5.15. The van der Waals surface area contributed by atoms with Crippen molar-refractivity contribution in [3.63, 3.8) is 0 Å². The minimum atomic E-state index is -0.133. The molecule has 0 aliphatic heterocycles. The molecule has 4 aromatic rings. The van der Waals surface area contributed by atoms with E-state index in [0.717, 1.165) is 32.7 Å². The van der Waals surface area contributed by atoms with Crippen LogP contribution in [0.5, 0.6) is 11.5 Å². The van der Waals surface area contributed by atoms with Crippen molar-refractivity contribution in [3.05, 3.63) is 119 Å². The van der Waals surface area contributed by atoms with Crippen molar-refractivity contribution < 1.29 is 19.1 Å². The number of benzene rings is 4. The van der Waals surface area contributed by atoms with Gasteiger partial charge < -0.3 is 9.47 Å². The molecule has 0 saturated carbocycles. The third-order valence-corrected chi connectivity index (χ3v) is 6.85. The first-order valence-corrected chi connectivity index (χ1v) is 11.7. The first-order valence-electron chi connectivity index (χ1n) is 11.7. The standard InChI is InChI=1S/C32H22O4/c1-35-27-17-11-19-7-3-5-9-21(19)31(27)29-23-13-16-26(34)30(24(23)14-15-25(29)33)32-22-10-6-4-8-20(22)12-18-28(32)36-2/h3-18H,1-2H3. The maximum atomic E-state index is 13.5. The summed E-state index contributed by atoms with van der Waals surface area (Å²) in [5, 5.41) is 3.83. The number of carbonyl (C=O) groups is 2. The van der Waals surface area contributed by atoms with Crippen molar-refractivity contribution in [2.75, 3.05) is 14.2 Å². The van der Waals surface area contributed by atoms with Crippen LogP contribution in [0.15, 0.2) is 108 Å². The maximum absolute atomic E-state index is 13.5. The van der Waals surface area contributed by atoms with Crippen LogP contribution in [0, 0.1) is 0 Å². The zero-order valence-electron chi connectivity index (χ0n) is 19.9. The topological polar surface area (TPSA) is 52.6 Å².